The minimum absolute atomic E-state index is 0.118. The fraction of sp³-hybridized carbons (Fsp3) is 0.158. The first kappa shape index (κ1) is 21.6. The van der Waals surface area contributed by atoms with Gasteiger partial charge in [-0.25, -0.2) is 22.3 Å². The molecule has 3 N–H and O–H groups in total. The zero-order valence-corrected chi connectivity index (χ0v) is 17.5. The number of hydrogen-bond donors (Lipinski definition) is 3. The molecule has 0 saturated heterocycles. The Morgan fingerprint density at radius 3 is 2.70 bits per heavy atom. The molecule has 2 aromatic carbocycles. The number of sulfonamides is 1. The maximum Gasteiger partial charge on any atom is 0.320 e. The molecule has 30 heavy (non-hydrogen) atoms. The van der Waals surface area contributed by atoms with Crippen LogP contribution in [0.3, 0.4) is 0 Å². The van der Waals surface area contributed by atoms with Gasteiger partial charge in [-0.1, -0.05) is 29.8 Å². The molecule has 8 nitrogen and oxygen atoms in total. The number of aryl methyl sites for hydroxylation is 1. The van der Waals surface area contributed by atoms with E-state index in [2.05, 4.69) is 20.5 Å². The summed E-state index contributed by atoms with van der Waals surface area (Å²) in [5.74, 6) is -0.628. The van der Waals surface area contributed by atoms with Crippen molar-refractivity contribution in [2.24, 2.45) is 0 Å². The zero-order valence-electron chi connectivity index (χ0n) is 15.9. The highest BCUT2D eigenvalue weighted by molar-refractivity contribution is 7.92. The van der Waals surface area contributed by atoms with Gasteiger partial charge in [-0.15, -0.1) is 5.10 Å². The molecular formula is C19H19ClFN5O3S. The van der Waals surface area contributed by atoms with Crippen LogP contribution in [-0.2, 0) is 10.0 Å². The van der Waals surface area contributed by atoms with Gasteiger partial charge in [0.1, 0.15) is 5.82 Å². The summed E-state index contributed by atoms with van der Waals surface area (Å²) in [6.07, 6.45) is 1.63. The number of urea groups is 1. The Kier molecular flexibility index (Phi) is 6.58. The van der Waals surface area contributed by atoms with Gasteiger partial charge in [0, 0.05) is 18.8 Å². The number of hydrogen-bond acceptors (Lipinski definition) is 4. The Morgan fingerprint density at radius 2 is 1.97 bits per heavy atom. The third-order valence-electron chi connectivity index (χ3n) is 4.03. The van der Waals surface area contributed by atoms with Crippen molar-refractivity contribution in [1.82, 2.24) is 15.1 Å². The first-order valence-electron chi connectivity index (χ1n) is 8.85. The van der Waals surface area contributed by atoms with Crippen LogP contribution in [-0.4, -0.2) is 36.5 Å². The number of carbonyl (C=O) groups excluding carboxylic acids is 1. The highest BCUT2D eigenvalue weighted by Crippen LogP contribution is 2.20. The quantitative estimate of drug-likeness (QED) is 0.511. The van der Waals surface area contributed by atoms with Crippen molar-refractivity contribution >= 4 is 39.2 Å². The monoisotopic (exact) mass is 451 g/mol. The van der Waals surface area contributed by atoms with Crippen molar-refractivity contribution in [3.05, 3.63) is 71.1 Å². The number of aromatic nitrogens is 2. The Hall–Kier alpha value is -3.11. The molecule has 2 amide bonds. The fourth-order valence-electron chi connectivity index (χ4n) is 2.51. The Labute approximate surface area is 178 Å². The average Bonchev–Trinajstić information content (AvgIpc) is 3.12. The number of carbonyl (C=O) groups is 1. The normalized spacial score (nSPS) is 11.2. The third-order valence-corrected chi connectivity index (χ3v) is 5.64. The molecule has 0 aliphatic rings. The van der Waals surface area contributed by atoms with E-state index in [1.165, 1.54) is 16.8 Å². The van der Waals surface area contributed by atoms with Crippen molar-refractivity contribution in [1.29, 1.82) is 0 Å². The number of rotatable bonds is 7. The molecule has 11 heteroatoms. The van der Waals surface area contributed by atoms with Crippen LogP contribution in [0.5, 0.6) is 0 Å². The molecule has 0 spiro atoms. The lowest BCUT2D eigenvalue weighted by atomic mass is 10.2. The molecule has 0 fully saturated rings. The van der Waals surface area contributed by atoms with Gasteiger partial charge in [0.2, 0.25) is 10.0 Å². The van der Waals surface area contributed by atoms with E-state index in [1.807, 2.05) is 6.07 Å². The lowest BCUT2D eigenvalue weighted by molar-refractivity contribution is 0.252. The van der Waals surface area contributed by atoms with Gasteiger partial charge < -0.3 is 5.32 Å². The SMILES string of the molecule is Cc1ccc(NS(=O)(=O)CCNC(=O)Nc2ccn(-c3ccccc3Cl)n2)cc1F. The average molecular weight is 452 g/mol. The largest absolute Gasteiger partial charge is 0.337 e. The summed E-state index contributed by atoms with van der Waals surface area (Å²) < 4.78 is 41.5. The van der Waals surface area contributed by atoms with Crippen LogP contribution in [0, 0.1) is 12.7 Å². The second-order valence-electron chi connectivity index (χ2n) is 6.36. The Balaban J connectivity index is 1.50. The molecule has 158 valence electrons. The summed E-state index contributed by atoms with van der Waals surface area (Å²) >= 11 is 6.12. The van der Waals surface area contributed by atoms with Gasteiger partial charge in [-0.3, -0.25) is 10.0 Å². The summed E-state index contributed by atoms with van der Waals surface area (Å²) in [5, 5.41) is 9.65. The molecule has 0 aliphatic heterocycles. The smallest absolute Gasteiger partial charge is 0.320 e. The maximum atomic E-state index is 13.5. The van der Waals surface area contributed by atoms with E-state index < -0.39 is 21.9 Å². The molecular weight excluding hydrogens is 433 g/mol. The van der Waals surface area contributed by atoms with Crippen molar-refractivity contribution in [3.63, 3.8) is 0 Å². The van der Waals surface area contributed by atoms with Crippen molar-refractivity contribution < 1.29 is 17.6 Å². The summed E-state index contributed by atoms with van der Waals surface area (Å²) in [6.45, 7) is 1.42. The van der Waals surface area contributed by atoms with Gasteiger partial charge in [-0.05, 0) is 36.8 Å². The van der Waals surface area contributed by atoms with Crippen LogP contribution in [0.1, 0.15) is 5.56 Å². The Morgan fingerprint density at radius 1 is 1.20 bits per heavy atom. The van der Waals surface area contributed by atoms with E-state index >= 15 is 0 Å². The number of nitrogens with one attached hydrogen (secondary N) is 3. The van der Waals surface area contributed by atoms with Crippen LogP contribution >= 0.6 is 11.6 Å². The molecule has 0 bridgehead atoms. The van der Waals surface area contributed by atoms with Crippen molar-refractivity contribution in [3.8, 4) is 5.69 Å². The zero-order chi connectivity index (χ0) is 21.7. The van der Waals surface area contributed by atoms with Crippen molar-refractivity contribution in [2.75, 3.05) is 22.3 Å². The number of benzene rings is 2. The topological polar surface area (TPSA) is 105 Å². The van der Waals surface area contributed by atoms with E-state index in [4.69, 9.17) is 11.6 Å². The lowest BCUT2D eigenvalue weighted by Crippen LogP contribution is -2.34. The minimum atomic E-state index is -3.76. The van der Waals surface area contributed by atoms with E-state index in [9.17, 15) is 17.6 Å². The summed E-state index contributed by atoms with van der Waals surface area (Å²) in [4.78, 5) is 12.0. The predicted molar refractivity (Wildman–Crippen MR) is 114 cm³/mol. The number of nitrogens with zero attached hydrogens (tertiary/aromatic N) is 2. The number of anilines is 2. The molecule has 0 unspecified atom stereocenters. The molecule has 3 rings (SSSR count). The van der Waals surface area contributed by atoms with Gasteiger partial charge in [0.05, 0.1) is 22.2 Å². The second kappa shape index (κ2) is 9.14. The molecule has 0 atom stereocenters. The molecule has 1 heterocycles. The van der Waals surface area contributed by atoms with E-state index in [1.54, 1.807) is 37.4 Å². The van der Waals surface area contributed by atoms with E-state index in [-0.39, 0.29) is 23.8 Å². The molecule has 3 aromatic rings. The van der Waals surface area contributed by atoms with Gasteiger partial charge in [0.25, 0.3) is 0 Å². The first-order chi connectivity index (χ1) is 14.2. The van der Waals surface area contributed by atoms with Crippen LogP contribution in [0.4, 0.5) is 20.7 Å². The minimum Gasteiger partial charge on any atom is -0.337 e. The number of amides is 2. The summed E-state index contributed by atoms with van der Waals surface area (Å²) in [7, 11) is -3.76. The summed E-state index contributed by atoms with van der Waals surface area (Å²) in [5.41, 5.74) is 1.18. The van der Waals surface area contributed by atoms with Crippen LogP contribution in [0.15, 0.2) is 54.7 Å². The van der Waals surface area contributed by atoms with Gasteiger partial charge >= 0.3 is 6.03 Å². The van der Waals surface area contributed by atoms with E-state index in [0.29, 0.717) is 16.3 Å². The fourth-order valence-corrected chi connectivity index (χ4v) is 3.69. The Bertz CT molecular complexity index is 1170. The van der Waals surface area contributed by atoms with Gasteiger partial charge in [-0.2, -0.15) is 0 Å². The third kappa shape index (κ3) is 5.71. The highest BCUT2D eigenvalue weighted by atomic mass is 35.5. The molecule has 1 aromatic heterocycles. The second-order valence-corrected chi connectivity index (χ2v) is 8.61. The molecule has 0 aliphatic carbocycles. The number of para-hydroxylation sites is 1. The predicted octanol–water partition coefficient (Wildman–Crippen LogP) is 3.54. The number of halogens is 2. The van der Waals surface area contributed by atoms with Gasteiger partial charge in [0.15, 0.2) is 5.82 Å². The highest BCUT2D eigenvalue weighted by Gasteiger charge is 2.13. The standard InChI is InChI=1S/C19H19ClFN5O3S/c1-13-6-7-14(12-16(13)21)25-30(28,29)11-9-22-19(27)23-18-8-10-26(24-18)17-5-3-2-4-15(17)20/h2-8,10,12,25H,9,11H2,1H3,(H2,22,23,24,27). The van der Waals surface area contributed by atoms with Crippen LogP contribution < -0.4 is 15.4 Å². The van der Waals surface area contributed by atoms with Crippen LogP contribution in [0.2, 0.25) is 5.02 Å². The molecule has 0 saturated carbocycles. The maximum absolute atomic E-state index is 13.5. The summed E-state index contributed by atoms with van der Waals surface area (Å²) in [6, 6.07) is 12.1. The van der Waals surface area contributed by atoms with E-state index in [0.717, 1.165) is 6.07 Å². The lowest BCUT2D eigenvalue weighted by Gasteiger charge is -2.10. The molecule has 0 radical (unpaired) electrons. The van der Waals surface area contributed by atoms with Crippen molar-refractivity contribution in [2.45, 2.75) is 6.92 Å². The first-order valence-corrected chi connectivity index (χ1v) is 10.9. The van der Waals surface area contributed by atoms with Crippen LogP contribution in [0.25, 0.3) is 5.69 Å².